The third-order valence-corrected chi connectivity index (χ3v) is 6.80. The number of aromatic nitrogens is 5. The van der Waals surface area contributed by atoms with E-state index in [0.717, 1.165) is 30.9 Å². The lowest BCUT2D eigenvalue weighted by molar-refractivity contribution is -0.204. The summed E-state index contributed by atoms with van der Waals surface area (Å²) in [6.07, 6.45) is 2.57. The quantitative estimate of drug-likeness (QED) is 0.439. The Hall–Kier alpha value is -3.60. The fourth-order valence-electron chi connectivity index (χ4n) is 4.74. The van der Waals surface area contributed by atoms with Gasteiger partial charge < -0.3 is 20.1 Å². The van der Waals surface area contributed by atoms with Crippen LogP contribution in [0.25, 0.3) is 16.9 Å². The zero-order valence-corrected chi connectivity index (χ0v) is 19.7. The highest BCUT2D eigenvalue weighted by atomic mass is 16.6. The maximum absolute atomic E-state index is 13.2. The molecular weight excluding hydrogens is 446 g/mol. The third kappa shape index (κ3) is 3.61. The number of pyridine rings is 1. The number of nitrogens with zero attached hydrogens (tertiary/aromatic N) is 5. The van der Waals surface area contributed by atoms with E-state index in [1.807, 2.05) is 31.2 Å². The van der Waals surface area contributed by atoms with Crippen molar-refractivity contribution in [3.05, 3.63) is 69.8 Å². The van der Waals surface area contributed by atoms with Gasteiger partial charge in [0.25, 0.3) is 5.56 Å². The van der Waals surface area contributed by atoms with Crippen molar-refractivity contribution in [2.45, 2.75) is 32.0 Å². The summed E-state index contributed by atoms with van der Waals surface area (Å²) in [5.41, 5.74) is 4.08. The van der Waals surface area contributed by atoms with Gasteiger partial charge >= 0.3 is 0 Å². The van der Waals surface area contributed by atoms with Crippen LogP contribution in [-0.2, 0) is 34.6 Å². The molecule has 0 amide bonds. The number of fused-ring (bicyclic) bond motifs is 2. The normalized spacial score (nSPS) is 16.6. The van der Waals surface area contributed by atoms with E-state index >= 15 is 0 Å². The average Bonchev–Trinajstić information content (AvgIpc) is 3.14. The van der Waals surface area contributed by atoms with Crippen molar-refractivity contribution in [3.8, 4) is 5.82 Å². The van der Waals surface area contributed by atoms with E-state index in [2.05, 4.69) is 27.8 Å². The Labute approximate surface area is 201 Å². The van der Waals surface area contributed by atoms with Gasteiger partial charge in [-0.1, -0.05) is 12.1 Å². The van der Waals surface area contributed by atoms with Crippen LogP contribution in [0.5, 0.6) is 0 Å². The number of rotatable bonds is 6. The van der Waals surface area contributed by atoms with Crippen molar-refractivity contribution < 1.29 is 9.47 Å². The van der Waals surface area contributed by atoms with Gasteiger partial charge in [-0.25, -0.2) is 19.3 Å². The predicted octanol–water partition coefficient (Wildman–Crippen LogP) is 2.26. The summed E-state index contributed by atoms with van der Waals surface area (Å²) < 4.78 is 14.5. The minimum atomic E-state index is -0.569. The lowest BCUT2D eigenvalue weighted by Crippen LogP contribution is -2.49. The summed E-state index contributed by atoms with van der Waals surface area (Å²) in [5.74, 6) is 1.01. The molecule has 35 heavy (non-hydrogen) atoms. The van der Waals surface area contributed by atoms with Crippen LogP contribution in [-0.4, -0.2) is 51.2 Å². The first-order chi connectivity index (χ1) is 17.1. The Morgan fingerprint density at radius 1 is 1.20 bits per heavy atom. The largest absolute Gasteiger partial charge is 0.374 e. The number of methoxy groups -OCH3 is 1. The van der Waals surface area contributed by atoms with Crippen LogP contribution in [0.15, 0.2) is 47.4 Å². The highest BCUT2D eigenvalue weighted by molar-refractivity contribution is 5.77. The topological polar surface area (TPSA) is 108 Å². The van der Waals surface area contributed by atoms with Crippen molar-refractivity contribution in [2.24, 2.45) is 0 Å². The first-order valence-corrected chi connectivity index (χ1v) is 11.8. The van der Waals surface area contributed by atoms with Gasteiger partial charge in [-0.15, -0.1) is 0 Å². The SMILES string of the molecule is CCn1c(=O)c2cnc(Nc3ccc4c(c3)CCNC4)nc2n1-c1cccc(C2(OC)COC2)n1. The number of anilines is 2. The molecule has 0 saturated carbocycles. The molecule has 1 saturated heterocycles. The minimum Gasteiger partial charge on any atom is -0.374 e. The van der Waals surface area contributed by atoms with E-state index in [1.165, 1.54) is 11.1 Å². The lowest BCUT2D eigenvalue weighted by Gasteiger charge is -2.39. The van der Waals surface area contributed by atoms with Crippen LogP contribution in [0.3, 0.4) is 0 Å². The fraction of sp³-hybridized carbons (Fsp3) is 0.360. The van der Waals surface area contributed by atoms with E-state index in [1.54, 1.807) is 22.7 Å². The van der Waals surface area contributed by atoms with E-state index in [0.29, 0.717) is 42.6 Å². The van der Waals surface area contributed by atoms with Crippen LogP contribution in [0.1, 0.15) is 23.7 Å². The van der Waals surface area contributed by atoms with Gasteiger partial charge in [0.05, 0.1) is 18.9 Å². The Kier molecular flexibility index (Phi) is 5.36. The van der Waals surface area contributed by atoms with E-state index < -0.39 is 5.60 Å². The maximum Gasteiger partial charge on any atom is 0.278 e. The van der Waals surface area contributed by atoms with Crippen molar-refractivity contribution >= 4 is 22.7 Å². The Morgan fingerprint density at radius 2 is 2.09 bits per heavy atom. The predicted molar refractivity (Wildman–Crippen MR) is 131 cm³/mol. The van der Waals surface area contributed by atoms with Gasteiger partial charge in [0.15, 0.2) is 17.1 Å². The minimum absolute atomic E-state index is 0.157. The lowest BCUT2D eigenvalue weighted by atomic mass is 9.97. The van der Waals surface area contributed by atoms with Gasteiger partial charge in [-0.3, -0.25) is 4.79 Å². The monoisotopic (exact) mass is 473 g/mol. The van der Waals surface area contributed by atoms with E-state index in [-0.39, 0.29) is 5.56 Å². The smallest absolute Gasteiger partial charge is 0.278 e. The van der Waals surface area contributed by atoms with Crippen LogP contribution in [0.2, 0.25) is 0 Å². The summed E-state index contributed by atoms with van der Waals surface area (Å²) in [7, 11) is 1.66. The molecule has 1 fully saturated rings. The first-order valence-electron chi connectivity index (χ1n) is 11.8. The molecule has 4 aromatic rings. The molecule has 10 heteroatoms. The van der Waals surface area contributed by atoms with Crippen molar-refractivity contribution in [2.75, 3.05) is 32.2 Å². The molecule has 0 atom stereocenters. The second-order valence-corrected chi connectivity index (χ2v) is 8.87. The molecule has 0 unspecified atom stereocenters. The number of nitrogens with one attached hydrogen (secondary N) is 2. The highest BCUT2D eigenvalue weighted by Crippen LogP contribution is 2.32. The second kappa shape index (κ2) is 8.56. The molecule has 0 spiro atoms. The van der Waals surface area contributed by atoms with Crippen molar-refractivity contribution in [1.82, 2.24) is 29.6 Å². The Morgan fingerprint density at radius 3 is 2.86 bits per heavy atom. The summed E-state index contributed by atoms with van der Waals surface area (Å²) in [6, 6.07) is 12.0. The summed E-state index contributed by atoms with van der Waals surface area (Å²) in [6.45, 7) is 5.13. The molecule has 0 aliphatic carbocycles. The molecule has 1 aromatic carbocycles. The van der Waals surface area contributed by atoms with Gasteiger partial charge in [0, 0.05) is 32.1 Å². The average molecular weight is 474 g/mol. The zero-order chi connectivity index (χ0) is 24.0. The zero-order valence-electron chi connectivity index (χ0n) is 19.7. The van der Waals surface area contributed by atoms with Crippen molar-refractivity contribution in [1.29, 1.82) is 0 Å². The standard InChI is InChI=1S/C25H27N7O3/c1-3-31-23(33)19-13-27-24(28-18-8-7-17-12-26-10-9-16(17)11-18)30-22(19)32(31)21-6-4-5-20(29-21)25(34-2)14-35-15-25/h4-8,11,13,26H,3,9-10,12,14-15H2,1-2H3,(H,27,28,30). The molecule has 2 aliphatic heterocycles. The van der Waals surface area contributed by atoms with Crippen LogP contribution >= 0.6 is 0 Å². The third-order valence-electron chi connectivity index (χ3n) is 6.80. The molecule has 10 nitrogen and oxygen atoms in total. The van der Waals surface area contributed by atoms with Crippen LogP contribution < -0.4 is 16.2 Å². The van der Waals surface area contributed by atoms with E-state index in [4.69, 9.17) is 19.4 Å². The van der Waals surface area contributed by atoms with Gasteiger partial charge in [-0.2, -0.15) is 4.98 Å². The van der Waals surface area contributed by atoms with E-state index in [9.17, 15) is 4.79 Å². The number of hydrogen-bond acceptors (Lipinski definition) is 8. The Bertz CT molecular complexity index is 1470. The molecular formula is C25H27N7O3. The molecule has 6 rings (SSSR count). The molecule has 0 radical (unpaired) electrons. The number of ether oxygens (including phenoxy) is 2. The summed E-state index contributed by atoms with van der Waals surface area (Å²) >= 11 is 0. The fourth-order valence-corrected chi connectivity index (χ4v) is 4.74. The molecule has 3 aromatic heterocycles. The van der Waals surface area contributed by atoms with Gasteiger partial charge in [0.1, 0.15) is 5.39 Å². The first kappa shape index (κ1) is 21.9. The summed E-state index contributed by atoms with van der Waals surface area (Å²) in [5, 5.41) is 7.14. The van der Waals surface area contributed by atoms with Crippen LogP contribution in [0.4, 0.5) is 11.6 Å². The maximum atomic E-state index is 13.2. The molecule has 0 bridgehead atoms. The molecule has 2 aliphatic rings. The number of benzene rings is 1. The van der Waals surface area contributed by atoms with Gasteiger partial charge in [-0.05, 0) is 55.3 Å². The second-order valence-electron chi connectivity index (χ2n) is 8.87. The molecule has 5 heterocycles. The molecule has 180 valence electrons. The molecule has 2 N–H and O–H groups in total. The van der Waals surface area contributed by atoms with Crippen LogP contribution in [0, 0.1) is 0 Å². The summed E-state index contributed by atoms with van der Waals surface area (Å²) in [4.78, 5) is 27.2. The Balaban J connectivity index is 1.43. The number of hydrogen-bond donors (Lipinski definition) is 2. The highest BCUT2D eigenvalue weighted by Gasteiger charge is 2.42. The van der Waals surface area contributed by atoms with Gasteiger partial charge in [0.2, 0.25) is 5.95 Å². The van der Waals surface area contributed by atoms with Crippen molar-refractivity contribution in [3.63, 3.8) is 0 Å².